The molecule has 4 rings (SSSR count). The van der Waals surface area contributed by atoms with Gasteiger partial charge in [-0.25, -0.2) is 18.6 Å². The number of nitrogens with one attached hydrogen (secondary N) is 1. The summed E-state index contributed by atoms with van der Waals surface area (Å²) in [7, 11) is 0. The van der Waals surface area contributed by atoms with Crippen molar-refractivity contribution >= 4 is 23.4 Å². The largest absolute Gasteiger partial charge is 0.491 e. The summed E-state index contributed by atoms with van der Waals surface area (Å²) in [5, 5.41) is 2.99. The highest BCUT2D eigenvalue weighted by molar-refractivity contribution is 5.83. The summed E-state index contributed by atoms with van der Waals surface area (Å²) in [6.07, 6.45) is 1.08. The van der Waals surface area contributed by atoms with Crippen LogP contribution in [0.4, 0.5) is 20.3 Å². The molecule has 2 aromatic rings. The molecule has 1 aromatic heterocycles. The number of carbonyl (C=O) groups excluding carboxylic acids is 2. The van der Waals surface area contributed by atoms with E-state index in [9.17, 15) is 18.4 Å². The molecule has 1 aromatic carbocycles. The van der Waals surface area contributed by atoms with Crippen LogP contribution in [0.15, 0.2) is 30.3 Å². The maximum atomic E-state index is 14.1. The van der Waals surface area contributed by atoms with Crippen LogP contribution in [0.3, 0.4) is 0 Å². The van der Waals surface area contributed by atoms with Gasteiger partial charge in [-0.15, -0.1) is 0 Å². The lowest BCUT2D eigenvalue weighted by molar-refractivity contribution is -0.118. The minimum atomic E-state index is -3.04. The van der Waals surface area contributed by atoms with E-state index in [4.69, 9.17) is 15.2 Å². The first kappa shape index (κ1) is 20.7. The van der Waals surface area contributed by atoms with Crippen molar-refractivity contribution in [2.24, 2.45) is 5.73 Å². The summed E-state index contributed by atoms with van der Waals surface area (Å²) in [5.74, 6) is -1.09. The molecule has 0 saturated carbocycles. The van der Waals surface area contributed by atoms with Crippen LogP contribution in [-0.4, -0.2) is 53.1 Å². The van der Waals surface area contributed by atoms with Gasteiger partial charge >= 0.3 is 0 Å². The topological polar surface area (TPSA) is 112 Å². The van der Waals surface area contributed by atoms with Crippen molar-refractivity contribution in [3.8, 4) is 17.1 Å². The number of amides is 1. The Kier molecular flexibility index (Phi) is 5.28. The van der Waals surface area contributed by atoms with E-state index in [0.29, 0.717) is 36.0 Å². The highest BCUT2D eigenvalue weighted by atomic mass is 19.3. The molecule has 1 amide bonds. The predicted molar refractivity (Wildman–Crippen MR) is 108 cm³/mol. The van der Waals surface area contributed by atoms with E-state index in [1.165, 1.54) is 0 Å². The molecule has 1 fully saturated rings. The Hall–Kier alpha value is -3.59. The van der Waals surface area contributed by atoms with Crippen molar-refractivity contribution in [3.05, 3.63) is 30.3 Å². The minimum absolute atomic E-state index is 0.160. The van der Waals surface area contributed by atoms with E-state index >= 15 is 0 Å². The zero-order valence-electron chi connectivity index (χ0n) is 16.7. The number of halogens is 2. The van der Waals surface area contributed by atoms with E-state index < -0.39 is 30.8 Å². The van der Waals surface area contributed by atoms with Crippen molar-refractivity contribution in [1.29, 1.82) is 0 Å². The molecule has 3 heterocycles. The van der Waals surface area contributed by atoms with Gasteiger partial charge in [-0.1, -0.05) is 0 Å². The van der Waals surface area contributed by atoms with Crippen LogP contribution >= 0.6 is 0 Å². The van der Waals surface area contributed by atoms with Gasteiger partial charge in [-0.05, 0) is 19.1 Å². The van der Waals surface area contributed by atoms with Gasteiger partial charge in [0, 0.05) is 24.4 Å². The van der Waals surface area contributed by atoms with E-state index in [0.717, 1.165) is 4.90 Å². The zero-order valence-corrected chi connectivity index (χ0v) is 16.7. The fourth-order valence-corrected chi connectivity index (χ4v) is 3.44. The van der Waals surface area contributed by atoms with Gasteiger partial charge in [0.2, 0.25) is 5.91 Å². The molecule has 3 N–H and O–H groups in total. The molecule has 2 aliphatic heterocycles. The van der Waals surface area contributed by atoms with Gasteiger partial charge in [0.15, 0.2) is 11.8 Å². The Labute approximate surface area is 176 Å². The van der Waals surface area contributed by atoms with Crippen molar-refractivity contribution in [3.63, 3.8) is 0 Å². The number of carbonyl (C=O) groups is 1. The molecular weight excluding hydrogens is 412 g/mol. The molecule has 9 nitrogen and oxygen atoms in total. The molecule has 0 spiro atoms. The van der Waals surface area contributed by atoms with E-state index in [2.05, 4.69) is 10.3 Å². The number of benzene rings is 1. The Balaban J connectivity index is 1.70. The summed E-state index contributed by atoms with van der Waals surface area (Å²) >= 11 is 0. The van der Waals surface area contributed by atoms with Crippen molar-refractivity contribution in [2.45, 2.75) is 31.9 Å². The second-order valence-electron chi connectivity index (χ2n) is 7.39. The van der Waals surface area contributed by atoms with E-state index in [1.807, 2.05) is 0 Å². The smallest absolute Gasteiger partial charge is 0.284 e. The van der Waals surface area contributed by atoms with Crippen molar-refractivity contribution in [1.82, 2.24) is 9.55 Å². The maximum absolute atomic E-state index is 14.1. The molecule has 11 heteroatoms. The Morgan fingerprint density at radius 3 is 2.90 bits per heavy atom. The molecule has 31 heavy (non-hydrogen) atoms. The summed E-state index contributed by atoms with van der Waals surface area (Å²) in [6, 6.07) is 4.64. The highest BCUT2D eigenvalue weighted by Gasteiger charge is 2.38. The summed E-state index contributed by atoms with van der Waals surface area (Å²) in [4.78, 5) is 28.2. The molecular formula is C20H21F2N5O4. The van der Waals surface area contributed by atoms with Crippen LogP contribution in [0.2, 0.25) is 0 Å². The second kappa shape index (κ2) is 7.92. The third-order valence-corrected chi connectivity index (χ3v) is 5.09. The number of hydrogen-bond acceptors (Lipinski definition) is 7. The molecule has 164 valence electrons. The van der Waals surface area contributed by atoms with Gasteiger partial charge in [-0.3, -0.25) is 9.69 Å². The van der Waals surface area contributed by atoms with Crippen LogP contribution in [-0.2, 0) is 20.9 Å². The lowest BCUT2D eigenvalue weighted by Crippen LogP contribution is -2.34. The molecule has 1 saturated heterocycles. The number of aromatic nitrogens is 2. The lowest BCUT2D eigenvalue weighted by Gasteiger charge is -2.22. The number of alkyl halides is 2. The van der Waals surface area contributed by atoms with E-state index in [-0.39, 0.29) is 18.3 Å². The monoisotopic (exact) mass is 433 g/mol. The molecule has 1 atom stereocenters. The fraction of sp³-hybridized carbons (Fsp3) is 0.400. The second-order valence-corrected chi connectivity index (χ2v) is 7.39. The number of imidazole rings is 1. The predicted octanol–water partition coefficient (Wildman–Crippen LogP) is 1.76. The number of fused-ring (bicyclic) bond motifs is 3. The van der Waals surface area contributed by atoms with Crippen LogP contribution in [0.25, 0.3) is 11.4 Å². The summed E-state index contributed by atoms with van der Waals surface area (Å²) in [5.41, 5.74) is 6.57. The van der Waals surface area contributed by atoms with Crippen LogP contribution in [0.5, 0.6) is 5.75 Å². The Morgan fingerprint density at radius 2 is 2.16 bits per heavy atom. The zero-order chi connectivity index (χ0) is 22.2. The number of nitrogens with two attached hydrogens (primary N) is 1. The molecule has 0 radical (unpaired) electrons. The molecule has 0 aliphatic carbocycles. The SMILES string of the molecule is C[C@H](Nc1ccc2c(c1)OCCn1cc(N3CC(F)(F)CCOC3=C=O)nc1-2)C(N)=O. The average Bonchev–Trinajstić information content (AvgIpc) is 2.97. The number of ether oxygens (including phenoxy) is 2. The number of hydrogen-bond donors (Lipinski definition) is 2. The third-order valence-electron chi connectivity index (χ3n) is 5.09. The number of primary amides is 1. The van der Waals surface area contributed by atoms with Crippen LogP contribution < -0.4 is 20.7 Å². The van der Waals surface area contributed by atoms with Crippen molar-refractivity contribution < 1.29 is 27.8 Å². The van der Waals surface area contributed by atoms with Gasteiger partial charge in [-0.2, -0.15) is 0 Å². The third kappa shape index (κ3) is 4.17. The Bertz CT molecular complexity index is 1060. The lowest BCUT2D eigenvalue weighted by atomic mass is 10.1. The summed E-state index contributed by atoms with van der Waals surface area (Å²) < 4.78 is 41.0. The maximum Gasteiger partial charge on any atom is 0.284 e. The van der Waals surface area contributed by atoms with Crippen molar-refractivity contribution in [2.75, 3.05) is 30.0 Å². The molecule has 0 unspecified atom stereocenters. The van der Waals surface area contributed by atoms with Gasteiger partial charge in [0.1, 0.15) is 24.2 Å². The van der Waals surface area contributed by atoms with Gasteiger partial charge < -0.3 is 25.1 Å². The molecule has 2 aliphatic rings. The first-order chi connectivity index (χ1) is 14.8. The average molecular weight is 433 g/mol. The standard InChI is InChI=1S/C20H21F2N5O4/c1-12(18(23)29)24-13-2-3-14-15(8-13)30-7-5-26-9-16(25-19(14)26)27-11-20(21,22)4-6-31-17(27)10-28/h2-3,8-9,12,24H,4-7,11H2,1H3,(H2,23,29)/t12-/m0/s1. The first-order valence-corrected chi connectivity index (χ1v) is 9.71. The van der Waals surface area contributed by atoms with Crippen LogP contribution in [0, 0.1) is 0 Å². The first-order valence-electron chi connectivity index (χ1n) is 9.71. The Morgan fingerprint density at radius 1 is 1.35 bits per heavy atom. The van der Waals surface area contributed by atoms with Gasteiger partial charge in [0.05, 0.1) is 25.3 Å². The van der Waals surface area contributed by atoms with Gasteiger partial charge in [0.25, 0.3) is 11.8 Å². The van der Waals surface area contributed by atoms with E-state index in [1.54, 1.807) is 41.8 Å². The molecule has 0 bridgehead atoms. The van der Waals surface area contributed by atoms with Crippen LogP contribution in [0.1, 0.15) is 13.3 Å². The fourth-order valence-electron chi connectivity index (χ4n) is 3.44. The number of nitrogens with zero attached hydrogens (tertiary/aromatic N) is 3. The number of anilines is 2. The quantitative estimate of drug-likeness (QED) is 0.707. The minimum Gasteiger partial charge on any atom is -0.491 e. The number of rotatable bonds is 4. The highest BCUT2D eigenvalue weighted by Crippen LogP contribution is 2.37. The summed E-state index contributed by atoms with van der Waals surface area (Å²) in [6.45, 7) is 1.37. The normalized spacial score (nSPS) is 18.3.